The maximum Gasteiger partial charge on any atom is 0.323 e. The molecule has 0 aliphatic heterocycles. The number of hydrogen-bond donors (Lipinski definition) is 5. The molecular weight excluding hydrogens is 260 g/mol. The lowest BCUT2D eigenvalue weighted by molar-refractivity contribution is 0.256. The van der Waals surface area contributed by atoms with Crippen molar-refractivity contribution in [2.45, 2.75) is 0 Å². The maximum absolute atomic E-state index is 11.6. The molecule has 0 saturated carbocycles. The number of rotatable bonds is 2. The highest BCUT2D eigenvalue weighted by molar-refractivity contribution is 5.99. The van der Waals surface area contributed by atoms with Crippen LogP contribution in [0.2, 0.25) is 0 Å². The number of nitrogen functional groups attached to an aromatic ring is 2. The molecular formula is C13H14N4O3. The lowest BCUT2D eigenvalue weighted by Crippen LogP contribution is -2.31. The largest absolute Gasteiger partial charge is 0.506 e. The molecule has 0 spiro atoms. The van der Waals surface area contributed by atoms with E-state index in [0.29, 0.717) is 11.4 Å². The number of carbonyl (C=O) groups is 1. The van der Waals surface area contributed by atoms with E-state index in [2.05, 4.69) is 0 Å². The van der Waals surface area contributed by atoms with Crippen LogP contribution in [0.25, 0.3) is 0 Å². The molecule has 0 atom stereocenters. The van der Waals surface area contributed by atoms with Crippen molar-refractivity contribution in [1.82, 2.24) is 0 Å². The van der Waals surface area contributed by atoms with Crippen LogP contribution in [0.1, 0.15) is 0 Å². The van der Waals surface area contributed by atoms with Crippen LogP contribution in [-0.2, 0) is 0 Å². The summed E-state index contributed by atoms with van der Waals surface area (Å²) in [6, 6.07) is 7.75. The summed E-state index contributed by atoms with van der Waals surface area (Å²) in [6.07, 6.45) is 0. The third-order valence-corrected chi connectivity index (χ3v) is 2.76. The average molecular weight is 274 g/mol. The molecule has 2 amide bonds. The van der Waals surface area contributed by atoms with E-state index in [1.807, 2.05) is 0 Å². The van der Waals surface area contributed by atoms with Crippen LogP contribution in [0, 0.1) is 0 Å². The lowest BCUT2D eigenvalue weighted by Gasteiger charge is -2.21. The summed E-state index contributed by atoms with van der Waals surface area (Å²) in [5.41, 5.74) is 17.3. The van der Waals surface area contributed by atoms with Gasteiger partial charge in [-0.3, -0.25) is 4.90 Å². The quantitative estimate of drug-likeness (QED) is 0.417. The predicted octanol–water partition coefficient (Wildman–Crippen LogP) is 1.48. The summed E-state index contributed by atoms with van der Waals surface area (Å²) in [7, 11) is 0. The van der Waals surface area contributed by atoms with Gasteiger partial charge in [0, 0.05) is 12.1 Å². The minimum Gasteiger partial charge on any atom is -0.506 e. The topological polar surface area (TPSA) is 139 Å². The Kier molecular flexibility index (Phi) is 3.26. The van der Waals surface area contributed by atoms with Crippen molar-refractivity contribution in [2.24, 2.45) is 5.73 Å². The van der Waals surface area contributed by atoms with E-state index in [4.69, 9.17) is 17.2 Å². The molecule has 7 heteroatoms. The molecule has 2 rings (SSSR count). The third kappa shape index (κ3) is 2.37. The molecule has 7 nitrogen and oxygen atoms in total. The average Bonchev–Trinajstić information content (AvgIpc) is 2.38. The molecule has 0 heterocycles. The first-order chi connectivity index (χ1) is 9.40. The van der Waals surface area contributed by atoms with Crippen molar-refractivity contribution in [2.75, 3.05) is 16.4 Å². The number of carbonyl (C=O) groups excluding carboxylic acids is 1. The summed E-state index contributed by atoms with van der Waals surface area (Å²) in [5.74, 6) is -0.346. The van der Waals surface area contributed by atoms with E-state index in [-0.39, 0.29) is 22.9 Å². The molecule has 0 fully saturated rings. The number of nitrogens with two attached hydrogens (primary N) is 3. The Labute approximate surface area is 114 Å². The minimum atomic E-state index is -0.779. The number of anilines is 4. The van der Waals surface area contributed by atoms with Gasteiger partial charge in [0.2, 0.25) is 0 Å². The van der Waals surface area contributed by atoms with Gasteiger partial charge in [-0.25, -0.2) is 4.79 Å². The molecule has 0 bridgehead atoms. The fraction of sp³-hybridized carbons (Fsp3) is 0. The monoisotopic (exact) mass is 274 g/mol. The number of primary amides is 1. The Balaban J connectivity index is 2.53. The van der Waals surface area contributed by atoms with Gasteiger partial charge < -0.3 is 27.4 Å². The fourth-order valence-electron chi connectivity index (χ4n) is 1.75. The molecule has 0 aliphatic rings. The summed E-state index contributed by atoms with van der Waals surface area (Å²) < 4.78 is 0. The molecule has 0 aromatic heterocycles. The molecule has 0 aliphatic carbocycles. The maximum atomic E-state index is 11.6. The Morgan fingerprint density at radius 3 is 1.60 bits per heavy atom. The van der Waals surface area contributed by atoms with E-state index in [1.54, 1.807) is 0 Å². The van der Waals surface area contributed by atoms with E-state index in [0.717, 1.165) is 4.90 Å². The van der Waals surface area contributed by atoms with Crippen LogP contribution in [0.5, 0.6) is 11.5 Å². The Morgan fingerprint density at radius 1 is 0.900 bits per heavy atom. The second-order valence-electron chi connectivity index (χ2n) is 4.16. The van der Waals surface area contributed by atoms with Crippen molar-refractivity contribution >= 4 is 28.8 Å². The SMILES string of the molecule is NC(=O)N(c1ccc(N)c(O)c1)c1ccc(N)c(O)c1. The number of nitrogens with zero attached hydrogens (tertiary/aromatic N) is 1. The summed E-state index contributed by atoms with van der Waals surface area (Å²) >= 11 is 0. The molecule has 2 aromatic carbocycles. The molecule has 20 heavy (non-hydrogen) atoms. The standard InChI is InChI=1S/C13H14N4O3/c14-9-3-1-7(5-11(9)18)17(13(16)20)8-2-4-10(15)12(19)6-8/h1-6,18-19H,14-15H2,(H2,16,20). The Bertz CT molecular complexity index is 621. The van der Waals surface area contributed by atoms with Crippen molar-refractivity contribution in [3.63, 3.8) is 0 Å². The number of hydrogen-bond acceptors (Lipinski definition) is 5. The fourth-order valence-corrected chi connectivity index (χ4v) is 1.75. The second-order valence-corrected chi connectivity index (χ2v) is 4.16. The predicted molar refractivity (Wildman–Crippen MR) is 76.8 cm³/mol. The number of benzene rings is 2. The van der Waals surface area contributed by atoms with Gasteiger partial charge in [-0.05, 0) is 24.3 Å². The van der Waals surface area contributed by atoms with Crippen LogP contribution in [0.3, 0.4) is 0 Å². The van der Waals surface area contributed by atoms with Crippen molar-refractivity contribution in [3.05, 3.63) is 36.4 Å². The highest BCUT2D eigenvalue weighted by Crippen LogP contribution is 2.34. The van der Waals surface area contributed by atoms with E-state index in [1.165, 1.54) is 36.4 Å². The highest BCUT2D eigenvalue weighted by Gasteiger charge is 2.17. The number of urea groups is 1. The van der Waals surface area contributed by atoms with Crippen LogP contribution in [-0.4, -0.2) is 16.2 Å². The van der Waals surface area contributed by atoms with Gasteiger partial charge in [-0.15, -0.1) is 0 Å². The van der Waals surface area contributed by atoms with Gasteiger partial charge in [0.15, 0.2) is 0 Å². The third-order valence-electron chi connectivity index (χ3n) is 2.76. The van der Waals surface area contributed by atoms with Crippen LogP contribution >= 0.6 is 0 Å². The van der Waals surface area contributed by atoms with E-state index >= 15 is 0 Å². The molecule has 0 saturated heterocycles. The molecule has 0 unspecified atom stereocenters. The van der Waals surface area contributed by atoms with Crippen LogP contribution in [0.4, 0.5) is 27.5 Å². The summed E-state index contributed by atoms with van der Waals surface area (Å²) in [4.78, 5) is 12.7. The van der Waals surface area contributed by atoms with Crippen LogP contribution < -0.4 is 22.1 Å². The normalized spacial score (nSPS) is 10.2. The first kappa shape index (κ1) is 13.3. The number of phenolic OH excluding ortho intramolecular Hbond substituents is 2. The molecule has 8 N–H and O–H groups in total. The van der Waals surface area contributed by atoms with Gasteiger partial charge in [0.25, 0.3) is 0 Å². The van der Waals surface area contributed by atoms with Crippen molar-refractivity contribution in [1.29, 1.82) is 0 Å². The number of amides is 2. The smallest absolute Gasteiger partial charge is 0.323 e. The Morgan fingerprint density at radius 2 is 1.30 bits per heavy atom. The second kappa shape index (κ2) is 4.88. The van der Waals surface area contributed by atoms with Crippen molar-refractivity contribution < 1.29 is 15.0 Å². The van der Waals surface area contributed by atoms with Gasteiger partial charge in [-0.1, -0.05) is 0 Å². The first-order valence-corrected chi connectivity index (χ1v) is 5.66. The zero-order valence-electron chi connectivity index (χ0n) is 10.4. The van der Waals surface area contributed by atoms with E-state index < -0.39 is 6.03 Å². The Hall–Kier alpha value is -3.09. The minimum absolute atomic E-state index is 0.173. The lowest BCUT2D eigenvalue weighted by atomic mass is 10.2. The number of phenols is 2. The van der Waals surface area contributed by atoms with Gasteiger partial charge >= 0.3 is 6.03 Å². The van der Waals surface area contributed by atoms with Crippen molar-refractivity contribution in [3.8, 4) is 11.5 Å². The summed E-state index contributed by atoms with van der Waals surface area (Å²) in [6.45, 7) is 0. The molecule has 0 radical (unpaired) electrons. The van der Waals surface area contributed by atoms with E-state index in [9.17, 15) is 15.0 Å². The van der Waals surface area contributed by atoms with Gasteiger partial charge in [-0.2, -0.15) is 0 Å². The number of aromatic hydroxyl groups is 2. The van der Waals surface area contributed by atoms with Gasteiger partial charge in [0.1, 0.15) is 11.5 Å². The zero-order valence-corrected chi connectivity index (χ0v) is 10.4. The first-order valence-electron chi connectivity index (χ1n) is 5.66. The van der Waals surface area contributed by atoms with Gasteiger partial charge in [0.05, 0.1) is 22.7 Å². The van der Waals surface area contributed by atoms with Crippen LogP contribution in [0.15, 0.2) is 36.4 Å². The zero-order chi connectivity index (χ0) is 14.9. The summed E-state index contributed by atoms with van der Waals surface area (Å²) in [5, 5.41) is 19.2. The molecule has 104 valence electrons. The molecule has 2 aromatic rings. The highest BCUT2D eigenvalue weighted by atomic mass is 16.3.